The highest BCUT2D eigenvalue weighted by Crippen LogP contribution is 2.43. The molecule has 0 aromatic heterocycles. The van der Waals surface area contributed by atoms with Crippen LogP contribution in [0.2, 0.25) is 0 Å². The zero-order valence-corrected chi connectivity index (χ0v) is 21.5. The van der Waals surface area contributed by atoms with Crippen LogP contribution >= 0.6 is 9.24 Å². The van der Waals surface area contributed by atoms with Crippen molar-refractivity contribution in [2.75, 3.05) is 0 Å². The molecule has 1 nitrogen and oxygen atoms in total. The van der Waals surface area contributed by atoms with Gasteiger partial charge in [-0.2, -0.15) is 0 Å². The van der Waals surface area contributed by atoms with Crippen molar-refractivity contribution < 1.29 is 5.48 Å². The van der Waals surface area contributed by atoms with E-state index in [9.17, 15) is 0 Å². The van der Waals surface area contributed by atoms with Gasteiger partial charge in [0, 0.05) is 0 Å². The van der Waals surface area contributed by atoms with Gasteiger partial charge in [0.2, 0.25) is 0 Å². The Morgan fingerprint density at radius 2 is 0.857 bits per heavy atom. The van der Waals surface area contributed by atoms with E-state index in [1.54, 1.807) is 0 Å². The van der Waals surface area contributed by atoms with Gasteiger partial charge in [0.15, 0.2) is 0 Å². The van der Waals surface area contributed by atoms with Crippen LogP contribution in [0, 0.1) is 5.92 Å². The highest BCUT2D eigenvalue weighted by Gasteiger charge is 2.32. The summed E-state index contributed by atoms with van der Waals surface area (Å²) in [5.74, 6) is 0.939. The summed E-state index contributed by atoms with van der Waals surface area (Å²) in [6.07, 6.45) is 28.7. The molecule has 0 rings (SSSR count). The Balaban J connectivity index is 0. The van der Waals surface area contributed by atoms with E-state index in [0.29, 0.717) is 5.16 Å². The summed E-state index contributed by atoms with van der Waals surface area (Å²) in [6, 6.07) is 0. The third-order valence-electron chi connectivity index (χ3n) is 6.62. The van der Waals surface area contributed by atoms with Gasteiger partial charge in [0.25, 0.3) is 0 Å². The Morgan fingerprint density at radius 1 is 0.500 bits per heavy atom. The number of rotatable bonds is 21. The summed E-state index contributed by atoms with van der Waals surface area (Å²) in [4.78, 5) is 0. The Morgan fingerprint density at radius 3 is 1.29 bits per heavy atom. The van der Waals surface area contributed by atoms with Crippen molar-refractivity contribution in [1.29, 1.82) is 0 Å². The van der Waals surface area contributed by atoms with E-state index in [1.807, 2.05) is 0 Å². The lowest BCUT2D eigenvalue weighted by molar-refractivity contribution is 0.274. The second-order valence-corrected chi connectivity index (χ2v) is 10.4. The lowest BCUT2D eigenvalue weighted by atomic mass is 9.77. The van der Waals surface area contributed by atoms with Crippen LogP contribution in [0.15, 0.2) is 0 Å². The molecule has 0 heterocycles. The molecule has 0 radical (unpaired) electrons. The predicted octanol–water partition coefficient (Wildman–Crippen LogP) is 9.27. The maximum absolute atomic E-state index is 3.39. The summed E-state index contributed by atoms with van der Waals surface area (Å²) >= 11 is 0. The molecular weight excluding hydrogens is 359 g/mol. The van der Waals surface area contributed by atoms with Crippen LogP contribution in [0.5, 0.6) is 0 Å². The van der Waals surface area contributed by atoms with Crippen molar-refractivity contribution >= 4 is 9.24 Å². The first kappa shape index (κ1) is 30.6. The topological polar surface area (TPSA) is 31.5 Å². The van der Waals surface area contributed by atoms with E-state index in [4.69, 9.17) is 0 Å². The molecule has 0 saturated heterocycles. The fourth-order valence-electron chi connectivity index (χ4n) is 4.59. The first-order valence-electron chi connectivity index (χ1n) is 12.9. The third-order valence-corrected chi connectivity index (χ3v) is 7.67. The molecule has 0 amide bonds. The molecule has 0 aliphatic rings. The molecule has 0 aliphatic carbocycles. The molecule has 172 valence electrons. The van der Waals surface area contributed by atoms with Crippen LogP contribution in [0.25, 0.3) is 0 Å². The van der Waals surface area contributed by atoms with Gasteiger partial charge in [0.05, 0.1) is 0 Å². The summed E-state index contributed by atoms with van der Waals surface area (Å²) in [7, 11) is 3.39. The first-order chi connectivity index (χ1) is 13.1. The van der Waals surface area contributed by atoms with Gasteiger partial charge in [-0.3, -0.25) is 0 Å². The Bertz CT molecular complexity index is 284. The van der Waals surface area contributed by atoms with Crippen molar-refractivity contribution in [1.82, 2.24) is 0 Å². The molecule has 28 heavy (non-hydrogen) atoms. The highest BCUT2D eigenvalue weighted by atomic mass is 31.0. The average Bonchev–Trinajstić information content (AvgIpc) is 2.68. The van der Waals surface area contributed by atoms with Gasteiger partial charge in [-0.15, -0.1) is 9.24 Å². The van der Waals surface area contributed by atoms with Crippen LogP contribution in [0.1, 0.15) is 156 Å². The molecule has 2 N–H and O–H groups in total. The Hall–Kier alpha value is 0.390. The van der Waals surface area contributed by atoms with Crippen LogP contribution in [-0.4, -0.2) is 10.6 Å². The van der Waals surface area contributed by atoms with Gasteiger partial charge in [-0.1, -0.05) is 130 Å². The van der Waals surface area contributed by atoms with Crippen molar-refractivity contribution in [2.45, 2.75) is 161 Å². The predicted molar refractivity (Wildman–Crippen MR) is 135 cm³/mol. The smallest absolute Gasteiger partial charge is 0.0122 e. The van der Waals surface area contributed by atoms with Gasteiger partial charge in [-0.05, 0) is 36.8 Å². The quantitative estimate of drug-likeness (QED) is 0.132. The normalized spacial score (nSPS) is 12.8. The van der Waals surface area contributed by atoms with E-state index in [1.165, 1.54) is 128 Å². The Kier molecular flexibility index (Phi) is 24.1. The SMILES string of the molecule is CCCCCCCCCCCCC(CCCC)C(P)(CCCC)CCCC.O. The van der Waals surface area contributed by atoms with Crippen molar-refractivity contribution in [2.24, 2.45) is 5.92 Å². The first-order valence-corrected chi connectivity index (χ1v) is 13.5. The zero-order chi connectivity index (χ0) is 20.2. The van der Waals surface area contributed by atoms with E-state index in [0.717, 1.165) is 5.92 Å². The molecule has 0 aromatic carbocycles. The average molecular weight is 417 g/mol. The largest absolute Gasteiger partial charge is 0.412 e. The van der Waals surface area contributed by atoms with Gasteiger partial charge in [0.1, 0.15) is 0 Å². The second kappa shape index (κ2) is 22.1. The van der Waals surface area contributed by atoms with Crippen molar-refractivity contribution in [3.05, 3.63) is 0 Å². The summed E-state index contributed by atoms with van der Waals surface area (Å²) in [6.45, 7) is 9.38. The molecule has 2 unspecified atom stereocenters. The minimum absolute atomic E-state index is 0. The van der Waals surface area contributed by atoms with Crippen LogP contribution in [-0.2, 0) is 0 Å². The molecule has 0 spiro atoms. The van der Waals surface area contributed by atoms with Gasteiger partial charge in [-0.25, -0.2) is 0 Å². The molecule has 0 saturated carbocycles. The van der Waals surface area contributed by atoms with E-state index < -0.39 is 0 Å². The second-order valence-electron chi connectivity index (χ2n) is 9.25. The molecule has 0 fully saturated rings. The number of hydrogen-bond acceptors (Lipinski definition) is 0. The molecule has 0 aromatic rings. The van der Waals surface area contributed by atoms with Gasteiger partial charge < -0.3 is 5.48 Å². The maximum atomic E-state index is 3.39. The molecule has 0 aliphatic heterocycles. The van der Waals surface area contributed by atoms with Crippen LogP contribution in [0.3, 0.4) is 0 Å². The summed E-state index contributed by atoms with van der Waals surface area (Å²) in [5.41, 5.74) is 0. The standard InChI is InChI=1S/C26H55P.H2O/c1-5-9-13-14-15-16-17-18-19-20-22-25(21-10-6-2)26(27,23-11-7-3)24-12-8-4;/h25H,5-24,27H2,1-4H3;1H2. The zero-order valence-electron chi connectivity index (χ0n) is 20.3. The fourth-order valence-corrected chi connectivity index (χ4v) is 5.33. The lowest BCUT2D eigenvalue weighted by Crippen LogP contribution is -2.32. The van der Waals surface area contributed by atoms with E-state index in [2.05, 4.69) is 36.9 Å². The monoisotopic (exact) mass is 416 g/mol. The van der Waals surface area contributed by atoms with Gasteiger partial charge >= 0.3 is 0 Å². The lowest BCUT2D eigenvalue weighted by Gasteiger charge is -2.39. The summed E-state index contributed by atoms with van der Waals surface area (Å²) in [5, 5.41) is 0.528. The van der Waals surface area contributed by atoms with E-state index in [-0.39, 0.29) is 5.48 Å². The minimum Gasteiger partial charge on any atom is -0.412 e. The van der Waals surface area contributed by atoms with Crippen LogP contribution in [0.4, 0.5) is 0 Å². The van der Waals surface area contributed by atoms with Crippen LogP contribution < -0.4 is 0 Å². The highest BCUT2D eigenvalue weighted by molar-refractivity contribution is 7.19. The minimum atomic E-state index is 0. The molecule has 0 bridgehead atoms. The third kappa shape index (κ3) is 16.2. The van der Waals surface area contributed by atoms with Crippen molar-refractivity contribution in [3.8, 4) is 0 Å². The molecule has 2 atom stereocenters. The maximum Gasteiger partial charge on any atom is -0.0122 e. The van der Waals surface area contributed by atoms with Crippen molar-refractivity contribution in [3.63, 3.8) is 0 Å². The Labute approximate surface area is 182 Å². The van der Waals surface area contributed by atoms with E-state index >= 15 is 0 Å². The fraction of sp³-hybridized carbons (Fsp3) is 1.00. The number of hydrogen-bond donors (Lipinski definition) is 0. The summed E-state index contributed by atoms with van der Waals surface area (Å²) < 4.78 is 0. The number of unbranched alkanes of at least 4 members (excludes halogenated alkanes) is 12. The molecule has 2 heteroatoms. The molecular formula is C26H57OP.